The smallest absolute Gasteiger partial charge is 0.147 e. The largest absolute Gasteiger partial charge is 0.392 e. The van der Waals surface area contributed by atoms with Crippen molar-refractivity contribution in [1.82, 2.24) is 14.8 Å². The molecule has 5 nitrogen and oxygen atoms in total. The molecule has 1 unspecified atom stereocenters. The summed E-state index contributed by atoms with van der Waals surface area (Å²) in [5.41, 5.74) is 4.32. The second kappa shape index (κ2) is 7.49. The Balaban J connectivity index is 1.73. The first-order chi connectivity index (χ1) is 12.0. The highest BCUT2D eigenvalue weighted by Gasteiger charge is 2.08. The molecule has 0 bridgehead atoms. The van der Waals surface area contributed by atoms with Gasteiger partial charge >= 0.3 is 0 Å². The summed E-state index contributed by atoms with van der Waals surface area (Å²) in [5, 5.41) is 17.3. The van der Waals surface area contributed by atoms with Gasteiger partial charge in [-0.3, -0.25) is 0 Å². The van der Waals surface area contributed by atoms with Gasteiger partial charge in [0.25, 0.3) is 0 Å². The van der Waals surface area contributed by atoms with E-state index >= 15 is 0 Å². The van der Waals surface area contributed by atoms with Crippen molar-refractivity contribution in [2.45, 2.75) is 40.0 Å². The number of nitrogens with zero attached hydrogens (tertiary/aromatic N) is 3. The van der Waals surface area contributed by atoms with Crippen LogP contribution in [0.4, 0.5) is 5.69 Å². The van der Waals surface area contributed by atoms with E-state index in [1.807, 2.05) is 42.8 Å². The van der Waals surface area contributed by atoms with Gasteiger partial charge in [-0.25, -0.2) is 9.67 Å². The van der Waals surface area contributed by atoms with Crippen molar-refractivity contribution in [3.05, 3.63) is 76.9 Å². The van der Waals surface area contributed by atoms with Gasteiger partial charge in [0.15, 0.2) is 0 Å². The average molecular weight is 336 g/mol. The maximum absolute atomic E-state index is 9.30. The standard InChI is InChI=1S/C20H24N4O/c1-14(19-8-4-7-18(10-19)13-25)21-20-9-5-6-17(11-20)12-24-16(3)22-15(2)23-24/h4-11,14,21,25H,12-13H2,1-3H3. The van der Waals surface area contributed by atoms with Crippen molar-refractivity contribution in [3.8, 4) is 0 Å². The summed E-state index contributed by atoms with van der Waals surface area (Å²) in [6.07, 6.45) is 0. The lowest BCUT2D eigenvalue weighted by molar-refractivity contribution is 0.281. The number of aromatic nitrogens is 3. The quantitative estimate of drug-likeness (QED) is 0.722. The van der Waals surface area contributed by atoms with E-state index in [1.165, 1.54) is 5.56 Å². The zero-order chi connectivity index (χ0) is 17.8. The summed E-state index contributed by atoms with van der Waals surface area (Å²) in [5.74, 6) is 1.72. The lowest BCUT2D eigenvalue weighted by Crippen LogP contribution is -2.08. The molecule has 3 aromatic rings. The van der Waals surface area contributed by atoms with Crippen molar-refractivity contribution in [2.24, 2.45) is 0 Å². The normalized spacial score (nSPS) is 12.2. The van der Waals surface area contributed by atoms with E-state index in [1.54, 1.807) is 0 Å². The van der Waals surface area contributed by atoms with Crippen LogP contribution in [-0.2, 0) is 13.2 Å². The van der Waals surface area contributed by atoms with E-state index in [4.69, 9.17) is 0 Å². The number of hydrogen-bond acceptors (Lipinski definition) is 4. The van der Waals surface area contributed by atoms with Gasteiger partial charge in [0, 0.05) is 11.7 Å². The van der Waals surface area contributed by atoms with Crippen LogP contribution in [0.25, 0.3) is 0 Å². The SMILES string of the molecule is Cc1nc(C)n(Cc2cccc(NC(C)c3cccc(CO)c3)c2)n1. The summed E-state index contributed by atoms with van der Waals surface area (Å²) < 4.78 is 1.92. The topological polar surface area (TPSA) is 63.0 Å². The number of nitrogens with one attached hydrogen (secondary N) is 1. The first kappa shape index (κ1) is 17.2. The molecule has 0 spiro atoms. The lowest BCUT2D eigenvalue weighted by atomic mass is 10.0. The Morgan fingerprint density at radius 2 is 1.84 bits per heavy atom. The fourth-order valence-corrected chi connectivity index (χ4v) is 2.94. The Kier molecular flexibility index (Phi) is 5.14. The van der Waals surface area contributed by atoms with Gasteiger partial charge in [0.1, 0.15) is 11.6 Å². The highest BCUT2D eigenvalue weighted by Crippen LogP contribution is 2.21. The van der Waals surface area contributed by atoms with Crippen molar-refractivity contribution in [1.29, 1.82) is 0 Å². The molecule has 0 aliphatic rings. The van der Waals surface area contributed by atoms with Crippen molar-refractivity contribution < 1.29 is 5.11 Å². The van der Waals surface area contributed by atoms with Gasteiger partial charge in [0.2, 0.25) is 0 Å². The number of aliphatic hydroxyl groups is 1. The van der Waals surface area contributed by atoms with Gasteiger partial charge < -0.3 is 10.4 Å². The van der Waals surface area contributed by atoms with Crippen LogP contribution in [0.2, 0.25) is 0 Å². The minimum atomic E-state index is 0.0622. The minimum Gasteiger partial charge on any atom is -0.392 e. The van der Waals surface area contributed by atoms with Crippen LogP contribution in [0.1, 0.15) is 41.3 Å². The van der Waals surface area contributed by atoms with Crippen LogP contribution in [0.5, 0.6) is 0 Å². The molecule has 1 heterocycles. The Morgan fingerprint density at radius 1 is 1.08 bits per heavy atom. The van der Waals surface area contributed by atoms with Gasteiger partial charge in [-0.2, -0.15) is 5.10 Å². The summed E-state index contributed by atoms with van der Waals surface area (Å²) in [7, 11) is 0. The maximum Gasteiger partial charge on any atom is 0.147 e. The van der Waals surface area contributed by atoms with Gasteiger partial charge in [-0.15, -0.1) is 0 Å². The molecule has 2 aromatic carbocycles. The molecule has 1 aromatic heterocycles. The van der Waals surface area contributed by atoms with Crippen LogP contribution < -0.4 is 5.32 Å². The first-order valence-corrected chi connectivity index (χ1v) is 8.48. The molecule has 25 heavy (non-hydrogen) atoms. The number of rotatable bonds is 6. The second-order valence-electron chi connectivity index (χ2n) is 6.33. The summed E-state index contributed by atoms with van der Waals surface area (Å²) in [6, 6.07) is 16.5. The third-order valence-electron chi connectivity index (χ3n) is 4.24. The molecule has 0 aliphatic carbocycles. The molecule has 0 radical (unpaired) electrons. The highest BCUT2D eigenvalue weighted by molar-refractivity contribution is 5.48. The fraction of sp³-hybridized carbons (Fsp3) is 0.300. The van der Waals surface area contributed by atoms with Crippen LogP contribution in [0.15, 0.2) is 48.5 Å². The van der Waals surface area contributed by atoms with E-state index in [2.05, 4.69) is 46.6 Å². The molecule has 0 aliphatic heterocycles. The fourth-order valence-electron chi connectivity index (χ4n) is 2.94. The second-order valence-corrected chi connectivity index (χ2v) is 6.33. The van der Waals surface area contributed by atoms with Crippen LogP contribution in [-0.4, -0.2) is 19.9 Å². The third kappa shape index (κ3) is 4.25. The van der Waals surface area contributed by atoms with E-state index < -0.39 is 0 Å². The van der Waals surface area contributed by atoms with E-state index in [0.29, 0.717) is 6.54 Å². The molecule has 5 heteroatoms. The Bertz CT molecular complexity index is 856. The average Bonchev–Trinajstić information content (AvgIpc) is 2.92. The van der Waals surface area contributed by atoms with Gasteiger partial charge in [-0.05, 0) is 49.6 Å². The number of benzene rings is 2. The van der Waals surface area contributed by atoms with Crippen LogP contribution in [0, 0.1) is 13.8 Å². The molecule has 0 amide bonds. The molecule has 3 rings (SSSR count). The summed E-state index contributed by atoms with van der Waals surface area (Å²) in [4.78, 5) is 4.35. The van der Waals surface area contributed by atoms with Crippen molar-refractivity contribution in [2.75, 3.05) is 5.32 Å². The van der Waals surface area contributed by atoms with Crippen LogP contribution >= 0.6 is 0 Å². The summed E-state index contributed by atoms with van der Waals surface area (Å²) >= 11 is 0. The van der Waals surface area contributed by atoms with Crippen molar-refractivity contribution in [3.63, 3.8) is 0 Å². The Hall–Kier alpha value is -2.66. The molecular formula is C20H24N4O. The zero-order valence-corrected chi connectivity index (χ0v) is 14.9. The molecule has 0 saturated heterocycles. The third-order valence-corrected chi connectivity index (χ3v) is 4.24. The van der Waals surface area contributed by atoms with Gasteiger partial charge in [0.05, 0.1) is 13.2 Å². The maximum atomic E-state index is 9.30. The van der Waals surface area contributed by atoms with Crippen molar-refractivity contribution >= 4 is 5.69 Å². The number of hydrogen-bond donors (Lipinski definition) is 2. The molecular weight excluding hydrogens is 312 g/mol. The molecule has 130 valence electrons. The van der Waals surface area contributed by atoms with E-state index in [-0.39, 0.29) is 12.6 Å². The highest BCUT2D eigenvalue weighted by atomic mass is 16.3. The Labute approximate surface area is 148 Å². The number of aliphatic hydroxyl groups excluding tert-OH is 1. The monoisotopic (exact) mass is 336 g/mol. The zero-order valence-electron chi connectivity index (χ0n) is 14.9. The number of aryl methyl sites for hydroxylation is 2. The van der Waals surface area contributed by atoms with E-state index in [0.717, 1.165) is 28.5 Å². The first-order valence-electron chi connectivity index (χ1n) is 8.48. The molecule has 0 fully saturated rings. The lowest BCUT2D eigenvalue weighted by Gasteiger charge is -2.17. The van der Waals surface area contributed by atoms with E-state index in [9.17, 15) is 5.11 Å². The molecule has 2 N–H and O–H groups in total. The van der Waals surface area contributed by atoms with Crippen LogP contribution in [0.3, 0.4) is 0 Å². The summed E-state index contributed by atoms with van der Waals surface area (Å²) in [6.45, 7) is 6.76. The predicted octanol–water partition coefficient (Wildman–Crippen LogP) is 3.61. The van der Waals surface area contributed by atoms with Gasteiger partial charge in [-0.1, -0.05) is 36.4 Å². The minimum absolute atomic E-state index is 0.0622. The molecule has 0 saturated carbocycles. The Morgan fingerprint density at radius 3 is 2.56 bits per heavy atom. The number of anilines is 1. The molecule has 1 atom stereocenters. The predicted molar refractivity (Wildman–Crippen MR) is 99.4 cm³/mol.